The van der Waals surface area contributed by atoms with Gasteiger partial charge in [0.05, 0.1) is 5.92 Å². The number of para-hydroxylation sites is 1. The molecule has 4 heteroatoms. The van der Waals surface area contributed by atoms with Crippen molar-refractivity contribution in [2.45, 2.75) is 12.8 Å². The molecule has 98 valence electrons. The molecule has 1 aliphatic rings. The number of methoxy groups -OCH3 is 1. The number of fused-ring (bicyclic) bond motifs is 1. The normalized spacial score (nSPS) is 18.5. The molecule has 0 radical (unpaired) electrons. The molecule has 1 aliphatic heterocycles. The zero-order valence-corrected chi connectivity index (χ0v) is 10.6. The van der Waals surface area contributed by atoms with Gasteiger partial charge in [-0.15, -0.1) is 0 Å². The lowest BCUT2D eigenvalue weighted by atomic mass is 9.92. The Kier molecular flexibility index (Phi) is 4.20. The van der Waals surface area contributed by atoms with Crippen molar-refractivity contribution in [1.82, 2.24) is 0 Å². The third-order valence-electron chi connectivity index (χ3n) is 3.37. The van der Waals surface area contributed by atoms with Crippen LogP contribution in [0.25, 0.3) is 0 Å². The van der Waals surface area contributed by atoms with Crippen LogP contribution in [0.2, 0.25) is 0 Å². The maximum absolute atomic E-state index is 11.2. The number of aliphatic carboxylic acids is 1. The number of anilines is 1. The first-order chi connectivity index (χ1) is 8.72. The van der Waals surface area contributed by atoms with E-state index < -0.39 is 5.97 Å². The number of nitrogens with zero attached hydrogens (tertiary/aromatic N) is 1. The fraction of sp³-hybridized carbons (Fsp3) is 0.500. The predicted octanol–water partition coefficient (Wildman–Crippen LogP) is 1.79. The molecule has 0 saturated carbocycles. The minimum Gasteiger partial charge on any atom is -0.481 e. The molecule has 0 amide bonds. The standard InChI is InChI=1S/C14H19NO3/c1-18-8-4-7-15-10-12(14(16)17)9-11-5-2-3-6-13(11)15/h2-3,5-6,12H,4,7-10H2,1H3,(H,16,17)/t12-/m1/s1. The lowest BCUT2D eigenvalue weighted by Crippen LogP contribution is -2.39. The predicted molar refractivity (Wildman–Crippen MR) is 70.0 cm³/mol. The summed E-state index contributed by atoms with van der Waals surface area (Å²) in [5.41, 5.74) is 2.31. The molecule has 1 aromatic carbocycles. The van der Waals surface area contributed by atoms with E-state index in [9.17, 15) is 9.90 Å². The lowest BCUT2D eigenvalue weighted by molar-refractivity contribution is -0.141. The maximum atomic E-state index is 11.2. The molecule has 1 N–H and O–H groups in total. The minimum absolute atomic E-state index is 0.303. The number of ether oxygens (including phenoxy) is 1. The van der Waals surface area contributed by atoms with Gasteiger partial charge in [0.1, 0.15) is 0 Å². The average Bonchev–Trinajstić information content (AvgIpc) is 2.38. The van der Waals surface area contributed by atoms with Crippen molar-refractivity contribution >= 4 is 11.7 Å². The first kappa shape index (κ1) is 12.9. The Hall–Kier alpha value is -1.55. The van der Waals surface area contributed by atoms with Crippen LogP contribution in [0.15, 0.2) is 24.3 Å². The van der Waals surface area contributed by atoms with E-state index >= 15 is 0 Å². The van der Waals surface area contributed by atoms with Crippen molar-refractivity contribution in [3.63, 3.8) is 0 Å². The Bertz CT molecular complexity index is 419. The summed E-state index contributed by atoms with van der Waals surface area (Å²) in [4.78, 5) is 13.4. The lowest BCUT2D eigenvalue weighted by Gasteiger charge is -2.34. The van der Waals surface area contributed by atoms with Crippen molar-refractivity contribution in [2.24, 2.45) is 5.92 Å². The molecule has 1 atom stereocenters. The molecule has 0 spiro atoms. The number of benzene rings is 1. The highest BCUT2D eigenvalue weighted by Gasteiger charge is 2.28. The first-order valence-corrected chi connectivity index (χ1v) is 6.27. The Morgan fingerprint density at radius 2 is 2.28 bits per heavy atom. The first-order valence-electron chi connectivity index (χ1n) is 6.27. The van der Waals surface area contributed by atoms with Crippen LogP contribution in [0.5, 0.6) is 0 Å². The smallest absolute Gasteiger partial charge is 0.308 e. The molecular formula is C14H19NO3. The fourth-order valence-electron chi connectivity index (χ4n) is 2.46. The highest BCUT2D eigenvalue weighted by Crippen LogP contribution is 2.29. The van der Waals surface area contributed by atoms with Crippen LogP contribution in [-0.2, 0) is 16.0 Å². The quantitative estimate of drug-likeness (QED) is 0.808. The number of carboxylic acid groups (broad SMARTS) is 1. The van der Waals surface area contributed by atoms with E-state index in [1.807, 2.05) is 18.2 Å². The fourth-order valence-corrected chi connectivity index (χ4v) is 2.46. The average molecular weight is 249 g/mol. The number of carboxylic acids is 1. The van der Waals surface area contributed by atoms with Crippen LogP contribution in [0.4, 0.5) is 5.69 Å². The van der Waals surface area contributed by atoms with Crippen molar-refractivity contribution in [2.75, 3.05) is 31.7 Å². The minimum atomic E-state index is -0.707. The monoisotopic (exact) mass is 249 g/mol. The van der Waals surface area contributed by atoms with Gasteiger partial charge in [0.25, 0.3) is 0 Å². The molecular weight excluding hydrogens is 230 g/mol. The summed E-state index contributed by atoms with van der Waals surface area (Å²) in [7, 11) is 1.68. The van der Waals surface area contributed by atoms with Gasteiger partial charge in [-0.2, -0.15) is 0 Å². The molecule has 0 aliphatic carbocycles. The Morgan fingerprint density at radius 1 is 1.50 bits per heavy atom. The molecule has 0 unspecified atom stereocenters. The second kappa shape index (κ2) is 5.87. The van der Waals surface area contributed by atoms with Gasteiger partial charge in [-0.05, 0) is 24.5 Å². The highest BCUT2D eigenvalue weighted by atomic mass is 16.5. The molecule has 0 saturated heterocycles. The van der Waals surface area contributed by atoms with Crippen molar-refractivity contribution in [3.05, 3.63) is 29.8 Å². The van der Waals surface area contributed by atoms with Crippen molar-refractivity contribution in [3.8, 4) is 0 Å². The van der Waals surface area contributed by atoms with Gasteiger partial charge in [-0.3, -0.25) is 4.79 Å². The number of rotatable bonds is 5. The zero-order valence-electron chi connectivity index (χ0n) is 10.6. The van der Waals surface area contributed by atoms with Gasteiger partial charge in [0, 0.05) is 32.5 Å². The maximum Gasteiger partial charge on any atom is 0.308 e. The molecule has 0 bridgehead atoms. The summed E-state index contributed by atoms with van der Waals surface area (Å²) >= 11 is 0. The zero-order chi connectivity index (χ0) is 13.0. The van der Waals surface area contributed by atoms with Crippen LogP contribution in [-0.4, -0.2) is 37.9 Å². The molecule has 2 rings (SSSR count). The Morgan fingerprint density at radius 3 is 3.00 bits per heavy atom. The summed E-state index contributed by atoms with van der Waals surface area (Å²) < 4.78 is 5.05. The van der Waals surface area contributed by atoms with Crippen LogP contribution < -0.4 is 4.90 Å². The molecule has 4 nitrogen and oxygen atoms in total. The van der Waals surface area contributed by atoms with Gasteiger partial charge >= 0.3 is 5.97 Å². The molecule has 0 aromatic heterocycles. The third kappa shape index (κ3) is 2.82. The van der Waals surface area contributed by atoms with Gasteiger partial charge in [0.15, 0.2) is 0 Å². The van der Waals surface area contributed by atoms with Crippen LogP contribution in [0, 0.1) is 5.92 Å². The van der Waals surface area contributed by atoms with Crippen LogP contribution in [0.1, 0.15) is 12.0 Å². The van der Waals surface area contributed by atoms with E-state index in [4.69, 9.17) is 4.74 Å². The van der Waals surface area contributed by atoms with E-state index in [1.165, 1.54) is 5.69 Å². The van der Waals surface area contributed by atoms with E-state index in [2.05, 4.69) is 11.0 Å². The summed E-state index contributed by atoms with van der Waals surface area (Å²) in [6.07, 6.45) is 1.55. The molecule has 1 heterocycles. The van der Waals surface area contributed by atoms with E-state index in [-0.39, 0.29) is 5.92 Å². The van der Waals surface area contributed by atoms with Gasteiger partial charge in [0.2, 0.25) is 0 Å². The van der Waals surface area contributed by atoms with Crippen LogP contribution >= 0.6 is 0 Å². The van der Waals surface area contributed by atoms with Crippen molar-refractivity contribution < 1.29 is 14.6 Å². The number of hydrogen-bond donors (Lipinski definition) is 1. The molecule has 0 fully saturated rings. The second-order valence-corrected chi connectivity index (χ2v) is 4.66. The molecule has 18 heavy (non-hydrogen) atoms. The summed E-state index contributed by atoms with van der Waals surface area (Å²) in [6, 6.07) is 8.06. The van der Waals surface area contributed by atoms with Gasteiger partial charge in [-0.25, -0.2) is 0 Å². The van der Waals surface area contributed by atoms with Gasteiger partial charge in [-0.1, -0.05) is 18.2 Å². The SMILES string of the molecule is COCCCN1C[C@H](C(=O)O)Cc2ccccc21. The second-order valence-electron chi connectivity index (χ2n) is 4.66. The summed E-state index contributed by atoms with van der Waals surface area (Å²) in [6.45, 7) is 2.14. The van der Waals surface area contributed by atoms with Crippen LogP contribution in [0.3, 0.4) is 0 Å². The Labute approximate surface area is 107 Å². The van der Waals surface area contributed by atoms with E-state index in [0.717, 1.165) is 18.5 Å². The third-order valence-corrected chi connectivity index (χ3v) is 3.37. The largest absolute Gasteiger partial charge is 0.481 e. The summed E-state index contributed by atoms with van der Waals surface area (Å²) in [5, 5.41) is 9.20. The Balaban J connectivity index is 2.14. The van der Waals surface area contributed by atoms with E-state index in [1.54, 1.807) is 7.11 Å². The van der Waals surface area contributed by atoms with E-state index in [0.29, 0.717) is 19.6 Å². The highest BCUT2D eigenvalue weighted by molar-refractivity contribution is 5.73. The number of carbonyl (C=O) groups is 1. The van der Waals surface area contributed by atoms with Crippen molar-refractivity contribution in [1.29, 1.82) is 0 Å². The molecule has 1 aromatic rings. The van der Waals surface area contributed by atoms with Gasteiger partial charge < -0.3 is 14.7 Å². The number of hydrogen-bond acceptors (Lipinski definition) is 3. The topological polar surface area (TPSA) is 49.8 Å². The summed E-state index contributed by atoms with van der Waals surface area (Å²) in [5.74, 6) is -1.01.